The number of hydrogen-bond acceptors (Lipinski definition) is 2. The molecule has 4 bridgehead atoms. The van der Waals surface area contributed by atoms with Gasteiger partial charge < -0.3 is 4.74 Å². The maximum atomic E-state index is 11.9. The molecule has 4 aliphatic rings. The maximum absolute atomic E-state index is 11.9. The molecule has 0 N–H and O–H groups in total. The Morgan fingerprint density at radius 3 is 2.80 bits per heavy atom. The standard InChI is InChI=1S/C13H18O2/c1-2-3-15-13(14)12-10-5-8-4-9(7-10)11(12)6-8/h2,8-12H,1,3-7H2. The van der Waals surface area contributed by atoms with E-state index in [0.717, 1.165) is 11.8 Å². The summed E-state index contributed by atoms with van der Waals surface area (Å²) in [5, 5.41) is 0. The van der Waals surface area contributed by atoms with Gasteiger partial charge in [-0.15, -0.1) is 0 Å². The van der Waals surface area contributed by atoms with Gasteiger partial charge >= 0.3 is 5.97 Å². The van der Waals surface area contributed by atoms with Crippen molar-refractivity contribution >= 4 is 5.97 Å². The highest BCUT2D eigenvalue weighted by Gasteiger charge is 2.56. The minimum atomic E-state index is 0.0488. The molecule has 0 spiro atoms. The smallest absolute Gasteiger partial charge is 0.309 e. The fraction of sp³-hybridized carbons (Fsp3) is 0.769. The monoisotopic (exact) mass is 206 g/mol. The molecule has 4 fully saturated rings. The molecular formula is C13H18O2. The van der Waals surface area contributed by atoms with Crippen LogP contribution >= 0.6 is 0 Å². The van der Waals surface area contributed by atoms with E-state index in [1.54, 1.807) is 6.08 Å². The Morgan fingerprint density at radius 2 is 2.07 bits per heavy atom. The largest absolute Gasteiger partial charge is 0.461 e. The van der Waals surface area contributed by atoms with Gasteiger partial charge in [0.15, 0.2) is 0 Å². The first-order valence-corrected chi connectivity index (χ1v) is 6.07. The molecule has 0 saturated heterocycles. The molecular weight excluding hydrogens is 188 g/mol. The van der Waals surface area contributed by atoms with Crippen LogP contribution in [0.4, 0.5) is 0 Å². The van der Waals surface area contributed by atoms with Crippen molar-refractivity contribution in [2.75, 3.05) is 6.61 Å². The second kappa shape index (κ2) is 3.36. The van der Waals surface area contributed by atoms with E-state index in [0.29, 0.717) is 18.4 Å². The number of carbonyl (C=O) groups excluding carboxylic acids is 1. The molecule has 0 aromatic rings. The quantitative estimate of drug-likeness (QED) is 0.523. The zero-order chi connectivity index (χ0) is 10.4. The lowest BCUT2D eigenvalue weighted by atomic mass is 9.75. The van der Waals surface area contributed by atoms with E-state index in [2.05, 4.69) is 6.58 Å². The molecule has 0 aromatic carbocycles. The second-order valence-electron chi connectivity index (χ2n) is 5.44. The van der Waals surface area contributed by atoms with Crippen LogP contribution in [0.25, 0.3) is 0 Å². The van der Waals surface area contributed by atoms with E-state index in [1.807, 2.05) is 0 Å². The van der Waals surface area contributed by atoms with Crippen molar-refractivity contribution in [1.82, 2.24) is 0 Å². The van der Waals surface area contributed by atoms with Gasteiger partial charge in [-0.3, -0.25) is 4.79 Å². The van der Waals surface area contributed by atoms with Gasteiger partial charge in [-0.1, -0.05) is 12.7 Å². The molecule has 2 nitrogen and oxygen atoms in total. The first-order chi connectivity index (χ1) is 7.29. The zero-order valence-corrected chi connectivity index (χ0v) is 9.02. The van der Waals surface area contributed by atoms with Crippen molar-refractivity contribution in [3.05, 3.63) is 12.7 Å². The van der Waals surface area contributed by atoms with Gasteiger partial charge in [0, 0.05) is 0 Å². The van der Waals surface area contributed by atoms with Gasteiger partial charge in [0.1, 0.15) is 6.61 Å². The average Bonchev–Trinajstić information content (AvgIpc) is 2.63. The number of ether oxygens (including phenoxy) is 1. The minimum Gasteiger partial charge on any atom is -0.461 e. The van der Waals surface area contributed by atoms with Gasteiger partial charge in [-0.2, -0.15) is 0 Å². The Bertz CT molecular complexity index is 293. The molecule has 0 heterocycles. The zero-order valence-electron chi connectivity index (χ0n) is 9.02. The molecule has 0 aliphatic heterocycles. The van der Waals surface area contributed by atoms with Crippen LogP contribution < -0.4 is 0 Å². The Morgan fingerprint density at radius 1 is 1.27 bits per heavy atom. The van der Waals surface area contributed by atoms with E-state index in [4.69, 9.17) is 4.74 Å². The Hall–Kier alpha value is -0.790. The minimum absolute atomic E-state index is 0.0488. The van der Waals surface area contributed by atoms with Crippen LogP contribution in [0.3, 0.4) is 0 Å². The van der Waals surface area contributed by atoms with Crippen LogP contribution in [0, 0.1) is 29.6 Å². The molecule has 15 heavy (non-hydrogen) atoms. The van der Waals surface area contributed by atoms with Crippen molar-refractivity contribution in [3.63, 3.8) is 0 Å². The summed E-state index contributed by atoms with van der Waals surface area (Å²) in [4.78, 5) is 11.9. The van der Waals surface area contributed by atoms with Gasteiger partial charge in [-0.05, 0) is 49.4 Å². The molecule has 5 atom stereocenters. The summed E-state index contributed by atoms with van der Waals surface area (Å²) in [6.07, 6.45) is 6.89. The Kier molecular flexibility index (Phi) is 2.11. The summed E-state index contributed by atoms with van der Waals surface area (Å²) in [5.74, 6) is 3.36. The van der Waals surface area contributed by atoms with E-state index in [-0.39, 0.29) is 11.9 Å². The van der Waals surface area contributed by atoms with Crippen LogP contribution in [0.15, 0.2) is 12.7 Å². The van der Waals surface area contributed by atoms with Gasteiger partial charge in [0.2, 0.25) is 0 Å². The van der Waals surface area contributed by atoms with Gasteiger partial charge in [0.05, 0.1) is 5.92 Å². The van der Waals surface area contributed by atoms with Gasteiger partial charge in [0.25, 0.3) is 0 Å². The Labute approximate surface area is 90.7 Å². The topological polar surface area (TPSA) is 26.3 Å². The predicted octanol–water partition coefficient (Wildman–Crippen LogP) is 2.40. The van der Waals surface area contributed by atoms with E-state index < -0.39 is 0 Å². The summed E-state index contributed by atoms with van der Waals surface area (Å²) < 4.78 is 5.22. The molecule has 2 heteroatoms. The number of hydrogen-bond donors (Lipinski definition) is 0. The summed E-state index contributed by atoms with van der Waals surface area (Å²) >= 11 is 0. The third kappa shape index (κ3) is 1.34. The number of carbonyl (C=O) groups is 1. The van der Waals surface area contributed by atoms with E-state index in [1.165, 1.54) is 25.7 Å². The fourth-order valence-corrected chi connectivity index (χ4v) is 4.34. The molecule has 5 unspecified atom stereocenters. The second-order valence-corrected chi connectivity index (χ2v) is 5.44. The summed E-state index contributed by atoms with van der Waals surface area (Å²) in [6.45, 7) is 3.96. The summed E-state index contributed by atoms with van der Waals surface area (Å²) in [5.41, 5.74) is 0. The predicted molar refractivity (Wildman–Crippen MR) is 57.1 cm³/mol. The molecule has 82 valence electrons. The van der Waals surface area contributed by atoms with Crippen molar-refractivity contribution in [2.24, 2.45) is 29.6 Å². The lowest BCUT2D eigenvalue weighted by Crippen LogP contribution is -2.31. The van der Waals surface area contributed by atoms with Crippen LogP contribution in [0.5, 0.6) is 0 Å². The highest BCUT2D eigenvalue weighted by molar-refractivity contribution is 5.74. The lowest BCUT2D eigenvalue weighted by molar-refractivity contribution is -0.151. The van der Waals surface area contributed by atoms with E-state index in [9.17, 15) is 4.79 Å². The lowest BCUT2D eigenvalue weighted by Gasteiger charge is -2.30. The normalized spacial score (nSPS) is 45.7. The number of esters is 1. The third-order valence-electron chi connectivity index (χ3n) is 4.67. The van der Waals surface area contributed by atoms with Crippen molar-refractivity contribution in [1.29, 1.82) is 0 Å². The van der Waals surface area contributed by atoms with Crippen LogP contribution in [0.1, 0.15) is 25.7 Å². The maximum Gasteiger partial charge on any atom is 0.309 e. The van der Waals surface area contributed by atoms with Crippen LogP contribution in [-0.4, -0.2) is 12.6 Å². The van der Waals surface area contributed by atoms with Crippen LogP contribution in [-0.2, 0) is 9.53 Å². The average molecular weight is 206 g/mol. The highest BCUT2D eigenvalue weighted by Crippen LogP contribution is 2.61. The van der Waals surface area contributed by atoms with Crippen molar-refractivity contribution < 1.29 is 9.53 Å². The third-order valence-corrected chi connectivity index (χ3v) is 4.67. The SMILES string of the molecule is C=CCOC(=O)C1C2CC3CC(C2)C1C3. The van der Waals surface area contributed by atoms with Gasteiger partial charge in [-0.25, -0.2) is 0 Å². The van der Waals surface area contributed by atoms with E-state index >= 15 is 0 Å². The summed E-state index contributed by atoms with van der Waals surface area (Å²) in [7, 11) is 0. The first-order valence-electron chi connectivity index (χ1n) is 6.07. The molecule has 0 radical (unpaired) electrons. The molecule has 4 saturated carbocycles. The molecule has 4 rings (SSSR count). The molecule has 0 aromatic heterocycles. The number of rotatable bonds is 3. The highest BCUT2D eigenvalue weighted by atomic mass is 16.5. The van der Waals surface area contributed by atoms with Crippen LogP contribution in [0.2, 0.25) is 0 Å². The molecule has 0 amide bonds. The summed E-state index contributed by atoms with van der Waals surface area (Å²) in [6, 6.07) is 0. The fourth-order valence-electron chi connectivity index (χ4n) is 4.34. The molecule has 4 aliphatic carbocycles. The Balaban J connectivity index is 1.72. The van der Waals surface area contributed by atoms with Crippen molar-refractivity contribution in [3.8, 4) is 0 Å². The first kappa shape index (κ1) is 9.44. The van der Waals surface area contributed by atoms with Crippen molar-refractivity contribution in [2.45, 2.75) is 25.7 Å².